The first-order chi connectivity index (χ1) is 8.74. The fraction of sp³-hybridized carbons (Fsp3) is 0.571. The van der Waals surface area contributed by atoms with Crippen molar-refractivity contribution in [1.82, 2.24) is 10.2 Å². The Hall–Kier alpha value is -0.580. The molecule has 1 aliphatic heterocycles. The number of anilines is 1. The molecular weight excluding hydrogens is 290 g/mol. The van der Waals surface area contributed by atoms with Gasteiger partial charge in [0.1, 0.15) is 0 Å². The number of nitrogens with one attached hydrogen (secondary N) is 1. The van der Waals surface area contributed by atoms with E-state index in [9.17, 15) is 0 Å². The number of rotatable bonds is 4. The van der Waals surface area contributed by atoms with Crippen LogP contribution in [0.15, 0.2) is 22.7 Å². The average molecular weight is 312 g/mol. The number of benzene rings is 1. The van der Waals surface area contributed by atoms with Crippen LogP contribution in [-0.4, -0.2) is 44.7 Å². The molecule has 0 bridgehead atoms. The zero-order valence-electron chi connectivity index (χ0n) is 11.2. The summed E-state index contributed by atoms with van der Waals surface area (Å²) in [6.07, 6.45) is 0. The van der Waals surface area contributed by atoms with E-state index in [1.807, 2.05) is 7.05 Å². The van der Waals surface area contributed by atoms with Crippen molar-refractivity contribution < 1.29 is 0 Å². The molecule has 1 aromatic rings. The summed E-state index contributed by atoms with van der Waals surface area (Å²) in [5, 5.41) is 3.18. The Balaban J connectivity index is 2.05. The SMILES string of the molecule is CCN1CCN(c2ccc(CNC)cc2Br)CC1. The monoisotopic (exact) mass is 311 g/mol. The molecule has 0 radical (unpaired) electrons. The molecule has 3 nitrogen and oxygen atoms in total. The molecule has 0 saturated carbocycles. The molecule has 1 aromatic carbocycles. The summed E-state index contributed by atoms with van der Waals surface area (Å²) in [5.41, 5.74) is 2.64. The van der Waals surface area contributed by atoms with Gasteiger partial charge in [-0.15, -0.1) is 0 Å². The van der Waals surface area contributed by atoms with Crippen molar-refractivity contribution >= 4 is 21.6 Å². The van der Waals surface area contributed by atoms with Gasteiger partial charge in [0.2, 0.25) is 0 Å². The van der Waals surface area contributed by atoms with E-state index in [2.05, 4.69) is 56.2 Å². The number of nitrogens with zero attached hydrogens (tertiary/aromatic N) is 2. The molecule has 0 atom stereocenters. The van der Waals surface area contributed by atoms with Gasteiger partial charge in [0, 0.05) is 37.2 Å². The highest BCUT2D eigenvalue weighted by Gasteiger charge is 2.17. The number of piperazine rings is 1. The van der Waals surface area contributed by atoms with Crippen LogP contribution in [0.5, 0.6) is 0 Å². The van der Waals surface area contributed by atoms with E-state index in [0.717, 1.165) is 26.2 Å². The van der Waals surface area contributed by atoms with Crippen LogP contribution in [0, 0.1) is 0 Å². The summed E-state index contributed by atoms with van der Waals surface area (Å²) in [6.45, 7) is 8.90. The standard InChI is InChI=1S/C14H22BrN3/c1-3-17-6-8-18(9-7-17)14-5-4-12(11-16-2)10-13(14)15/h4-5,10,16H,3,6-9,11H2,1-2H3. The molecular formula is C14H22BrN3. The second-order valence-corrected chi connectivity index (χ2v) is 5.59. The molecule has 2 rings (SSSR count). The number of hydrogen-bond donors (Lipinski definition) is 1. The van der Waals surface area contributed by atoms with Crippen molar-refractivity contribution in [3.63, 3.8) is 0 Å². The van der Waals surface area contributed by atoms with Gasteiger partial charge in [0.25, 0.3) is 0 Å². The summed E-state index contributed by atoms with van der Waals surface area (Å²) in [6, 6.07) is 6.67. The van der Waals surface area contributed by atoms with Crippen molar-refractivity contribution in [2.75, 3.05) is 44.7 Å². The maximum absolute atomic E-state index is 3.70. The van der Waals surface area contributed by atoms with Gasteiger partial charge in [-0.2, -0.15) is 0 Å². The molecule has 18 heavy (non-hydrogen) atoms. The summed E-state index contributed by atoms with van der Waals surface area (Å²) >= 11 is 3.70. The third-order valence-electron chi connectivity index (χ3n) is 3.55. The van der Waals surface area contributed by atoms with Crippen LogP contribution in [0.2, 0.25) is 0 Å². The topological polar surface area (TPSA) is 18.5 Å². The summed E-state index contributed by atoms with van der Waals surface area (Å²) < 4.78 is 1.21. The van der Waals surface area contributed by atoms with Crippen molar-refractivity contribution in [3.05, 3.63) is 28.2 Å². The highest BCUT2D eigenvalue weighted by atomic mass is 79.9. The van der Waals surface area contributed by atoms with E-state index in [4.69, 9.17) is 0 Å². The van der Waals surface area contributed by atoms with Crippen LogP contribution in [0.25, 0.3) is 0 Å². The summed E-state index contributed by atoms with van der Waals surface area (Å²) in [5.74, 6) is 0. The lowest BCUT2D eigenvalue weighted by Crippen LogP contribution is -2.46. The minimum absolute atomic E-state index is 0.919. The highest BCUT2D eigenvalue weighted by Crippen LogP contribution is 2.28. The van der Waals surface area contributed by atoms with Gasteiger partial charge >= 0.3 is 0 Å². The van der Waals surface area contributed by atoms with Gasteiger partial charge in [-0.25, -0.2) is 0 Å². The van der Waals surface area contributed by atoms with Gasteiger partial charge in [-0.3, -0.25) is 0 Å². The van der Waals surface area contributed by atoms with E-state index < -0.39 is 0 Å². The van der Waals surface area contributed by atoms with E-state index in [0.29, 0.717) is 0 Å². The van der Waals surface area contributed by atoms with Crippen molar-refractivity contribution in [2.24, 2.45) is 0 Å². The quantitative estimate of drug-likeness (QED) is 0.920. The average Bonchev–Trinajstić information content (AvgIpc) is 2.40. The second kappa shape index (κ2) is 6.55. The Kier molecular flexibility index (Phi) is 5.03. The minimum atomic E-state index is 0.919. The normalized spacial score (nSPS) is 17.2. The van der Waals surface area contributed by atoms with Crippen LogP contribution >= 0.6 is 15.9 Å². The van der Waals surface area contributed by atoms with Crippen LogP contribution in [0.3, 0.4) is 0 Å². The van der Waals surface area contributed by atoms with E-state index in [-0.39, 0.29) is 0 Å². The number of halogens is 1. The van der Waals surface area contributed by atoms with E-state index >= 15 is 0 Å². The Morgan fingerprint density at radius 3 is 2.50 bits per heavy atom. The number of likely N-dealkylation sites (N-methyl/N-ethyl adjacent to an activating group) is 1. The molecule has 0 amide bonds. The predicted molar refractivity (Wildman–Crippen MR) is 81.2 cm³/mol. The molecule has 1 fully saturated rings. The van der Waals surface area contributed by atoms with Gasteiger partial charge < -0.3 is 15.1 Å². The molecule has 1 saturated heterocycles. The Labute approximate surface area is 118 Å². The van der Waals surface area contributed by atoms with Crippen molar-refractivity contribution in [2.45, 2.75) is 13.5 Å². The zero-order chi connectivity index (χ0) is 13.0. The molecule has 4 heteroatoms. The Morgan fingerprint density at radius 2 is 1.94 bits per heavy atom. The molecule has 1 aliphatic rings. The first kappa shape index (κ1) is 13.8. The molecule has 0 spiro atoms. The predicted octanol–water partition coefficient (Wildman–Crippen LogP) is 2.31. The van der Waals surface area contributed by atoms with Crippen molar-refractivity contribution in [1.29, 1.82) is 0 Å². The lowest BCUT2D eigenvalue weighted by molar-refractivity contribution is 0.271. The largest absolute Gasteiger partial charge is 0.368 e. The first-order valence-corrected chi connectivity index (χ1v) is 7.44. The van der Waals surface area contributed by atoms with Gasteiger partial charge in [0.15, 0.2) is 0 Å². The van der Waals surface area contributed by atoms with Gasteiger partial charge in [-0.05, 0) is 47.2 Å². The molecule has 0 unspecified atom stereocenters. The minimum Gasteiger partial charge on any atom is -0.368 e. The maximum Gasteiger partial charge on any atom is 0.0511 e. The lowest BCUT2D eigenvalue weighted by Gasteiger charge is -2.36. The maximum atomic E-state index is 3.70. The highest BCUT2D eigenvalue weighted by molar-refractivity contribution is 9.10. The fourth-order valence-corrected chi connectivity index (χ4v) is 3.10. The van der Waals surface area contributed by atoms with Gasteiger partial charge in [0.05, 0.1) is 5.69 Å². The number of hydrogen-bond acceptors (Lipinski definition) is 3. The smallest absolute Gasteiger partial charge is 0.0511 e. The van der Waals surface area contributed by atoms with Crippen molar-refractivity contribution in [3.8, 4) is 0 Å². The summed E-state index contributed by atoms with van der Waals surface area (Å²) in [7, 11) is 1.98. The van der Waals surface area contributed by atoms with E-state index in [1.165, 1.54) is 28.8 Å². The summed E-state index contributed by atoms with van der Waals surface area (Å²) in [4.78, 5) is 4.97. The third-order valence-corrected chi connectivity index (χ3v) is 4.19. The van der Waals surface area contributed by atoms with Crippen LogP contribution in [0.1, 0.15) is 12.5 Å². The second-order valence-electron chi connectivity index (χ2n) is 4.74. The third kappa shape index (κ3) is 3.25. The molecule has 1 N–H and O–H groups in total. The fourth-order valence-electron chi connectivity index (χ4n) is 2.43. The molecule has 0 aromatic heterocycles. The Bertz CT molecular complexity index is 387. The molecule has 1 heterocycles. The van der Waals surface area contributed by atoms with Crippen LogP contribution in [-0.2, 0) is 6.54 Å². The zero-order valence-corrected chi connectivity index (χ0v) is 12.8. The van der Waals surface area contributed by atoms with E-state index in [1.54, 1.807) is 0 Å². The Morgan fingerprint density at radius 1 is 1.22 bits per heavy atom. The first-order valence-electron chi connectivity index (χ1n) is 6.65. The molecule has 100 valence electrons. The van der Waals surface area contributed by atoms with Crippen LogP contribution in [0.4, 0.5) is 5.69 Å². The molecule has 0 aliphatic carbocycles. The lowest BCUT2D eigenvalue weighted by atomic mass is 10.1. The van der Waals surface area contributed by atoms with Crippen LogP contribution < -0.4 is 10.2 Å². The van der Waals surface area contributed by atoms with Gasteiger partial charge in [-0.1, -0.05) is 13.0 Å².